The summed E-state index contributed by atoms with van der Waals surface area (Å²) in [5.74, 6) is 0. The van der Waals surface area contributed by atoms with Crippen molar-refractivity contribution in [2.75, 3.05) is 9.80 Å². The largest absolute Gasteiger partial charge is 0.454 e. The van der Waals surface area contributed by atoms with Crippen LogP contribution in [0.1, 0.15) is 43.1 Å². The van der Waals surface area contributed by atoms with Gasteiger partial charge < -0.3 is 8.83 Å². The van der Waals surface area contributed by atoms with Crippen molar-refractivity contribution >= 4 is 99.3 Å². The van der Waals surface area contributed by atoms with Crippen LogP contribution in [0.3, 0.4) is 0 Å². The Morgan fingerprint density at radius 3 is 1.41 bits per heavy atom. The van der Waals surface area contributed by atoms with E-state index in [0.717, 1.165) is 71.6 Å². The third-order valence-electron chi connectivity index (χ3n) is 17.1. The molecule has 4 aliphatic rings. The molecule has 14 aromatic rings. The van der Waals surface area contributed by atoms with Crippen molar-refractivity contribution in [3.05, 3.63) is 286 Å². The van der Waals surface area contributed by atoms with Crippen LogP contribution in [-0.4, -0.2) is 0 Å². The highest BCUT2D eigenvalue weighted by atomic mass is 32.1. The molecule has 0 fully saturated rings. The number of furan rings is 2. The average molecular weight is 1010 g/mol. The number of hydrogen-bond donors (Lipinski definition) is 0. The van der Waals surface area contributed by atoms with Crippen LogP contribution in [0.5, 0.6) is 0 Å². The molecular formula is C70H40N2O2S2. The highest BCUT2D eigenvalue weighted by molar-refractivity contribution is 7.18. The van der Waals surface area contributed by atoms with Gasteiger partial charge in [0, 0.05) is 48.2 Å². The molecule has 0 radical (unpaired) electrons. The second-order valence-electron chi connectivity index (χ2n) is 20.5. The van der Waals surface area contributed by atoms with E-state index in [1.165, 1.54) is 81.5 Å². The van der Waals surface area contributed by atoms with Crippen molar-refractivity contribution in [2.24, 2.45) is 0 Å². The molecule has 2 spiro atoms. The lowest BCUT2D eigenvalue weighted by molar-refractivity contribution is 0.668. The zero-order valence-corrected chi connectivity index (χ0v) is 42.3. The second kappa shape index (κ2) is 14.8. The van der Waals surface area contributed by atoms with Crippen molar-refractivity contribution in [3.63, 3.8) is 0 Å². The van der Waals surface area contributed by atoms with Crippen LogP contribution in [0.25, 0.3) is 77.3 Å². The molecule has 4 nitrogen and oxygen atoms in total. The van der Waals surface area contributed by atoms with Gasteiger partial charge in [-0.3, -0.25) is 9.80 Å². The summed E-state index contributed by atoms with van der Waals surface area (Å²) >= 11 is 3.91. The summed E-state index contributed by atoms with van der Waals surface area (Å²) in [4.78, 5) is 7.70. The number of thiophene rings is 2. The van der Waals surface area contributed by atoms with E-state index < -0.39 is 10.8 Å². The van der Waals surface area contributed by atoms with Gasteiger partial charge >= 0.3 is 0 Å². The van der Waals surface area contributed by atoms with E-state index in [9.17, 15) is 0 Å². The second-order valence-corrected chi connectivity index (χ2v) is 22.6. The number of anilines is 6. The molecule has 0 aliphatic heterocycles. The molecule has 6 heteroatoms. The minimum absolute atomic E-state index is 0.640. The van der Waals surface area contributed by atoms with Gasteiger partial charge in [-0.05, 0) is 116 Å². The standard InChI is InChI=1S/C70H40N2O2S2/c1-3-20-41(21-4-1)71(56-36-18-30-49-46-27-10-15-38-58(46)73-64(49)56)60-40-55-66(75-60)70-54-35-14-9-26-45(54)48-29-17-32-51(62(48)70)61-63(70)67(69(55)52-33-12-7-24-43(52)44-25-8-13-34-53(44)69)76-68(61)72(42-22-5-2-6-23-42)57-37-19-31-50-47-28-11-16-39-59(47)74-65(50)57/h1-40H. The minimum atomic E-state index is -0.698. The predicted octanol–water partition coefficient (Wildman–Crippen LogP) is 19.6. The molecule has 0 saturated carbocycles. The smallest absolute Gasteiger partial charge is 0.159 e. The highest BCUT2D eigenvalue weighted by Gasteiger charge is 2.65. The topological polar surface area (TPSA) is 32.8 Å². The van der Waals surface area contributed by atoms with E-state index in [1.54, 1.807) is 0 Å². The molecule has 18 rings (SSSR count). The Balaban J connectivity index is 1.01. The molecule has 0 amide bonds. The first-order valence-electron chi connectivity index (χ1n) is 26.0. The fraction of sp³-hybridized carbons (Fsp3) is 0.0286. The Morgan fingerprint density at radius 1 is 0.329 bits per heavy atom. The zero-order chi connectivity index (χ0) is 49.4. The lowest BCUT2D eigenvalue weighted by Gasteiger charge is -2.43. The molecule has 0 saturated heterocycles. The van der Waals surface area contributed by atoms with Gasteiger partial charge in [-0.2, -0.15) is 0 Å². The van der Waals surface area contributed by atoms with Crippen molar-refractivity contribution < 1.29 is 8.83 Å². The molecule has 0 bridgehead atoms. The van der Waals surface area contributed by atoms with E-state index >= 15 is 0 Å². The molecule has 4 aliphatic carbocycles. The van der Waals surface area contributed by atoms with Gasteiger partial charge in [0.15, 0.2) is 11.2 Å². The summed E-state index contributed by atoms with van der Waals surface area (Å²) in [5.41, 5.74) is 22.1. The van der Waals surface area contributed by atoms with Gasteiger partial charge in [-0.15, -0.1) is 22.7 Å². The molecule has 1 atom stereocenters. The third kappa shape index (κ3) is 4.91. The van der Waals surface area contributed by atoms with Crippen molar-refractivity contribution in [3.8, 4) is 33.4 Å². The van der Waals surface area contributed by atoms with Crippen molar-refractivity contribution in [1.82, 2.24) is 0 Å². The highest BCUT2D eigenvalue weighted by Crippen LogP contribution is 2.77. The van der Waals surface area contributed by atoms with Gasteiger partial charge in [0.25, 0.3) is 0 Å². The number of nitrogens with zero attached hydrogens (tertiary/aromatic N) is 2. The van der Waals surface area contributed by atoms with Crippen LogP contribution in [0, 0.1) is 0 Å². The van der Waals surface area contributed by atoms with E-state index in [2.05, 4.69) is 252 Å². The van der Waals surface area contributed by atoms with Crippen LogP contribution in [0.4, 0.5) is 32.8 Å². The van der Waals surface area contributed by atoms with Gasteiger partial charge in [0.2, 0.25) is 0 Å². The Bertz CT molecular complexity index is 4750. The molecule has 10 aromatic carbocycles. The summed E-state index contributed by atoms with van der Waals surface area (Å²) < 4.78 is 13.9. The number of fused-ring (bicyclic) bond motifs is 17. The molecular weight excluding hydrogens is 965 g/mol. The normalized spacial score (nSPS) is 15.5. The van der Waals surface area contributed by atoms with Crippen molar-refractivity contribution in [1.29, 1.82) is 0 Å². The summed E-state index contributed by atoms with van der Waals surface area (Å²) in [6.45, 7) is 0. The number of hydrogen-bond acceptors (Lipinski definition) is 6. The van der Waals surface area contributed by atoms with Crippen LogP contribution in [0.2, 0.25) is 0 Å². The summed E-state index contributed by atoms with van der Waals surface area (Å²) in [7, 11) is 0. The van der Waals surface area contributed by atoms with Crippen LogP contribution in [0.15, 0.2) is 251 Å². The Hall–Kier alpha value is -9.20. The molecule has 0 N–H and O–H groups in total. The lowest BCUT2D eigenvalue weighted by Crippen LogP contribution is -2.40. The van der Waals surface area contributed by atoms with Gasteiger partial charge in [-0.25, -0.2) is 0 Å². The van der Waals surface area contributed by atoms with Crippen LogP contribution < -0.4 is 9.80 Å². The zero-order valence-electron chi connectivity index (χ0n) is 40.6. The third-order valence-corrected chi connectivity index (χ3v) is 19.6. The fourth-order valence-corrected chi connectivity index (χ4v) is 17.4. The van der Waals surface area contributed by atoms with E-state index in [-0.39, 0.29) is 0 Å². The molecule has 76 heavy (non-hydrogen) atoms. The first-order chi connectivity index (χ1) is 37.7. The quantitative estimate of drug-likeness (QED) is 0.166. The monoisotopic (exact) mass is 1000 g/mol. The maximum Gasteiger partial charge on any atom is 0.159 e. The molecule has 354 valence electrons. The van der Waals surface area contributed by atoms with Crippen LogP contribution >= 0.6 is 22.7 Å². The summed E-state index contributed by atoms with van der Waals surface area (Å²) in [6, 6.07) is 89.5. The molecule has 4 aromatic heterocycles. The lowest BCUT2D eigenvalue weighted by atomic mass is 9.59. The first-order valence-corrected chi connectivity index (χ1v) is 27.6. The maximum atomic E-state index is 6.99. The molecule has 4 heterocycles. The van der Waals surface area contributed by atoms with Gasteiger partial charge in [0.1, 0.15) is 21.2 Å². The maximum absolute atomic E-state index is 6.99. The Labute approximate surface area is 445 Å². The van der Waals surface area contributed by atoms with Gasteiger partial charge in [-0.1, -0.05) is 188 Å². The fourth-order valence-electron chi connectivity index (χ4n) is 14.3. The number of rotatable bonds is 6. The van der Waals surface area contributed by atoms with E-state index in [0.29, 0.717) is 0 Å². The van der Waals surface area contributed by atoms with Crippen LogP contribution in [-0.2, 0) is 10.8 Å². The van der Waals surface area contributed by atoms with E-state index in [4.69, 9.17) is 8.83 Å². The SMILES string of the molecule is c1ccc(N(c2cc3c(s2)C24c5ccccc5-c5cccc(c52)-c2c(N(c5ccccc5)c5cccc6c5oc5ccccc56)sc(c24)C32c3ccccc3-c3ccccc32)c2cccc3c2oc2ccccc23)cc1. The van der Waals surface area contributed by atoms with E-state index in [1.807, 2.05) is 22.7 Å². The summed E-state index contributed by atoms with van der Waals surface area (Å²) in [6.07, 6.45) is 0. The number of para-hydroxylation sites is 6. The predicted molar refractivity (Wildman–Crippen MR) is 313 cm³/mol. The van der Waals surface area contributed by atoms with Crippen molar-refractivity contribution in [2.45, 2.75) is 10.8 Å². The Kier molecular flexibility index (Phi) is 8.00. The average Bonchev–Trinajstić information content (AvgIpc) is 4.41. The first kappa shape index (κ1) is 41.2. The van der Waals surface area contributed by atoms with Gasteiger partial charge in [0.05, 0.1) is 22.2 Å². The Morgan fingerprint density at radius 2 is 0.789 bits per heavy atom. The summed E-state index contributed by atoms with van der Waals surface area (Å²) in [5, 5.41) is 6.74. The minimum Gasteiger partial charge on any atom is -0.454 e. The molecule has 1 unspecified atom stereocenters. The number of benzene rings is 10.